The third kappa shape index (κ3) is 4.71. The highest BCUT2D eigenvalue weighted by Crippen LogP contribution is 2.62. The minimum Gasteiger partial charge on any atom is -0.393 e. The maximum atomic E-state index is 14.2. The fraction of sp³-hybridized carbons (Fsp3) is 0.657. The SMILES string of the molecule is CC1=C([C@@H]2C=C3[C@@H](CC[C@]4(C)[C@@H]([C@H](C)CCCC(C)C)CC[C@@H]34)n3c(=O)n(-c4ccccc4)c(=O)n32)C[C@@H](O)C[C@@H]1O. The minimum absolute atomic E-state index is 0.154. The molecule has 1 aromatic heterocycles. The summed E-state index contributed by atoms with van der Waals surface area (Å²) in [5.74, 6) is 2.39. The summed E-state index contributed by atoms with van der Waals surface area (Å²) < 4.78 is 4.68. The fourth-order valence-electron chi connectivity index (χ4n) is 9.30. The number of aromatic nitrogens is 3. The van der Waals surface area contributed by atoms with Crippen molar-refractivity contribution in [2.75, 3.05) is 0 Å². The molecule has 42 heavy (non-hydrogen) atoms. The zero-order chi connectivity index (χ0) is 29.9. The Hall–Kier alpha value is -2.64. The molecule has 0 unspecified atom stereocenters. The molecule has 2 heterocycles. The molecule has 2 fully saturated rings. The van der Waals surface area contributed by atoms with Crippen molar-refractivity contribution >= 4 is 0 Å². The summed E-state index contributed by atoms with van der Waals surface area (Å²) in [6, 6.07) is 8.52. The van der Waals surface area contributed by atoms with Crippen LogP contribution in [0.3, 0.4) is 0 Å². The maximum Gasteiger partial charge on any atom is 0.352 e. The Bertz CT molecular complexity index is 1490. The van der Waals surface area contributed by atoms with E-state index in [0.717, 1.165) is 36.3 Å². The third-order valence-electron chi connectivity index (χ3n) is 11.5. The molecule has 0 spiro atoms. The molecule has 0 radical (unpaired) electrons. The Morgan fingerprint density at radius 3 is 2.40 bits per heavy atom. The summed E-state index contributed by atoms with van der Waals surface area (Å²) in [5.41, 5.74) is 3.01. The standard InChI is InChI=1S/C35H49N3O4/c1-21(2)10-9-11-22(3)28-14-15-29-27-20-31(26-18-25(39)19-32(40)23(26)4)38-34(42)36(24-12-7-6-8-13-24)33(41)37(38)30(27)16-17-35(28,29)5/h6-8,12-13,20-22,25,28-32,39-40H,9-11,14-19H2,1-5H3/t22-,25-,28-,29+,30-,31+,32+,35-/m1/s1. The number of para-hydroxylation sites is 1. The van der Waals surface area contributed by atoms with Crippen LogP contribution in [0.2, 0.25) is 0 Å². The highest BCUT2D eigenvalue weighted by molar-refractivity contribution is 5.37. The molecule has 1 aromatic carbocycles. The van der Waals surface area contributed by atoms with Gasteiger partial charge in [-0.05, 0) is 97.0 Å². The molecule has 7 heteroatoms. The first-order valence-corrected chi connectivity index (χ1v) is 16.3. The summed E-state index contributed by atoms with van der Waals surface area (Å²) >= 11 is 0. The summed E-state index contributed by atoms with van der Waals surface area (Å²) in [7, 11) is 0. The number of hydrogen-bond donors (Lipinski definition) is 2. The summed E-state index contributed by atoms with van der Waals surface area (Å²) in [6.07, 6.45) is 9.50. The second kappa shape index (κ2) is 11.1. The van der Waals surface area contributed by atoms with E-state index < -0.39 is 18.2 Å². The van der Waals surface area contributed by atoms with Gasteiger partial charge in [-0.2, -0.15) is 0 Å². The Balaban J connectivity index is 1.46. The molecule has 7 nitrogen and oxygen atoms in total. The van der Waals surface area contributed by atoms with E-state index in [1.807, 2.05) is 25.1 Å². The molecule has 1 aliphatic heterocycles. The molecule has 2 saturated carbocycles. The van der Waals surface area contributed by atoms with Gasteiger partial charge >= 0.3 is 11.4 Å². The number of rotatable bonds is 7. The lowest BCUT2D eigenvalue weighted by Gasteiger charge is -2.49. The van der Waals surface area contributed by atoms with Gasteiger partial charge in [-0.3, -0.25) is 0 Å². The van der Waals surface area contributed by atoms with E-state index in [2.05, 4.69) is 33.8 Å². The highest BCUT2D eigenvalue weighted by Gasteiger charge is 2.55. The van der Waals surface area contributed by atoms with Crippen molar-refractivity contribution in [1.29, 1.82) is 0 Å². The number of fused-ring (bicyclic) bond motifs is 5. The summed E-state index contributed by atoms with van der Waals surface area (Å²) in [5, 5.41) is 21.5. The Kier molecular flexibility index (Phi) is 7.80. The Labute approximate surface area is 249 Å². The minimum atomic E-state index is -0.758. The van der Waals surface area contributed by atoms with Gasteiger partial charge in [0.15, 0.2) is 0 Å². The number of benzene rings is 1. The van der Waals surface area contributed by atoms with E-state index >= 15 is 0 Å². The first-order chi connectivity index (χ1) is 20.0. The van der Waals surface area contributed by atoms with Crippen LogP contribution in [0, 0.1) is 29.1 Å². The van der Waals surface area contributed by atoms with Crippen molar-refractivity contribution in [3.63, 3.8) is 0 Å². The quantitative estimate of drug-likeness (QED) is 0.400. The second-order valence-electron chi connectivity index (χ2n) is 14.5. The monoisotopic (exact) mass is 575 g/mol. The van der Waals surface area contributed by atoms with E-state index in [1.54, 1.807) is 21.5 Å². The number of hydrogen-bond acceptors (Lipinski definition) is 4. The van der Waals surface area contributed by atoms with Gasteiger partial charge < -0.3 is 10.2 Å². The third-order valence-corrected chi connectivity index (χ3v) is 11.5. The Morgan fingerprint density at radius 2 is 1.69 bits per heavy atom. The van der Waals surface area contributed by atoms with Crippen LogP contribution in [0.4, 0.5) is 0 Å². The van der Waals surface area contributed by atoms with Crippen LogP contribution in [-0.2, 0) is 0 Å². The van der Waals surface area contributed by atoms with Gasteiger partial charge in [0.2, 0.25) is 0 Å². The molecule has 6 rings (SSSR count). The molecular formula is C35H49N3O4. The van der Waals surface area contributed by atoms with Gasteiger partial charge in [0.05, 0.1) is 30.0 Å². The van der Waals surface area contributed by atoms with E-state index in [9.17, 15) is 19.8 Å². The highest BCUT2D eigenvalue weighted by atomic mass is 16.3. The molecule has 2 aromatic rings. The van der Waals surface area contributed by atoms with Crippen LogP contribution in [0.1, 0.15) is 104 Å². The smallest absolute Gasteiger partial charge is 0.352 e. The lowest BCUT2D eigenvalue weighted by Crippen LogP contribution is -2.46. The van der Waals surface area contributed by atoms with Crippen molar-refractivity contribution in [1.82, 2.24) is 13.9 Å². The summed E-state index contributed by atoms with van der Waals surface area (Å²) in [6.45, 7) is 11.5. The molecule has 0 amide bonds. The van der Waals surface area contributed by atoms with Crippen LogP contribution >= 0.6 is 0 Å². The zero-order valence-corrected chi connectivity index (χ0v) is 26.0. The molecule has 3 aliphatic carbocycles. The molecule has 2 N–H and O–H groups in total. The van der Waals surface area contributed by atoms with Crippen LogP contribution < -0.4 is 11.4 Å². The summed E-state index contributed by atoms with van der Waals surface area (Å²) in [4.78, 5) is 28.3. The largest absolute Gasteiger partial charge is 0.393 e. The molecule has 0 bridgehead atoms. The van der Waals surface area contributed by atoms with E-state index in [0.29, 0.717) is 36.3 Å². The van der Waals surface area contributed by atoms with Gasteiger partial charge in [0.1, 0.15) is 0 Å². The molecular weight excluding hydrogens is 526 g/mol. The van der Waals surface area contributed by atoms with Crippen LogP contribution in [0.5, 0.6) is 0 Å². The van der Waals surface area contributed by atoms with Crippen molar-refractivity contribution in [2.24, 2.45) is 29.1 Å². The Morgan fingerprint density at radius 1 is 0.976 bits per heavy atom. The number of nitrogens with zero attached hydrogens (tertiary/aromatic N) is 3. The topological polar surface area (TPSA) is 89.4 Å². The van der Waals surface area contributed by atoms with Gasteiger partial charge in [0.25, 0.3) is 0 Å². The van der Waals surface area contributed by atoms with Gasteiger partial charge in [-0.15, -0.1) is 0 Å². The predicted molar refractivity (Wildman–Crippen MR) is 166 cm³/mol. The normalized spacial score (nSPS) is 33.3. The van der Waals surface area contributed by atoms with Crippen molar-refractivity contribution in [3.8, 4) is 5.69 Å². The van der Waals surface area contributed by atoms with Gasteiger partial charge in [-0.1, -0.05) is 71.2 Å². The van der Waals surface area contributed by atoms with Crippen LogP contribution in [0.15, 0.2) is 62.7 Å². The molecule has 4 aliphatic rings. The van der Waals surface area contributed by atoms with Gasteiger partial charge in [0, 0.05) is 6.42 Å². The average molecular weight is 576 g/mol. The van der Waals surface area contributed by atoms with Crippen LogP contribution in [0.25, 0.3) is 5.69 Å². The second-order valence-corrected chi connectivity index (χ2v) is 14.5. The lowest BCUT2D eigenvalue weighted by atomic mass is 9.59. The molecule has 8 atom stereocenters. The predicted octanol–water partition coefficient (Wildman–Crippen LogP) is 5.94. The van der Waals surface area contributed by atoms with E-state index in [-0.39, 0.29) is 22.8 Å². The fourth-order valence-corrected chi connectivity index (χ4v) is 9.30. The zero-order valence-electron chi connectivity index (χ0n) is 26.0. The van der Waals surface area contributed by atoms with Crippen molar-refractivity contribution in [2.45, 2.75) is 117 Å². The van der Waals surface area contributed by atoms with Crippen molar-refractivity contribution in [3.05, 3.63) is 74.1 Å². The molecule has 0 saturated heterocycles. The number of allylic oxidation sites excluding steroid dienone is 2. The average Bonchev–Trinajstić information content (AvgIpc) is 3.44. The number of aliphatic hydroxyl groups excluding tert-OH is 2. The molecule has 228 valence electrons. The first-order valence-electron chi connectivity index (χ1n) is 16.3. The maximum absolute atomic E-state index is 14.2. The number of aliphatic hydroxyl groups is 2. The first kappa shape index (κ1) is 29.4. The van der Waals surface area contributed by atoms with E-state index in [4.69, 9.17) is 0 Å². The van der Waals surface area contributed by atoms with Crippen molar-refractivity contribution < 1.29 is 10.2 Å². The van der Waals surface area contributed by atoms with Crippen LogP contribution in [-0.4, -0.2) is 36.4 Å². The van der Waals surface area contributed by atoms with E-state index in [1.165, 1.54) is 35.8 Å². The lowest BCUT2D eigenvalue weighted by molar-refractivity contribution is 0.0677. The van der Waals surface area contributed by atoms with Gasteiger partial charge in [-0.25, -0.2) is 23.5 Å².